The van der Waals surface area contributed by atoms with Gasteiger partial charge in [0.2, 0.25) is 11.7 Å². The maximum atomic E-state index is 14.0. The summed E-state index contributed by atoms with van der Waals surface area (Å²) in [6, 6.07) is 16.8. The number of nitrogens with one attached hydrogen (secondary N) is 1. The lowest BCUT2D eigenvalue weighted by molar-refractivity contribution is -0.174. The van der Waals surface area contributed by atoms with Crippen LogP contribution in [0.15, 0.2) is 54.6 Å². The number of likely N-dealkylation sites (tertiary alicyclic amines) is 2. The van der Waals surface area contributed by atoms with Crippen molar-refractivity contribution in [2.75, 3.05) is 72.6 Å². The molecule has 3 aromatic carbocycles. The van der Waals surface area contributed by atoms with Crippen molar-refractivity contribution in [2.45, 2.75) is 49.9 Å². The molecule has 3 heterocycles. The lowest BCUT2D eigenvalue weighted by atomic mass is 9.76. The fraction of sp³-hybridized carbons (Fsp3) is 0.474. The Hall–Kier alpha value is -3.91. The predicted octanol–water partition coefficient (Wildman–Crippen LogP) is 7.70. The number of methoxy groups -OCH3 is 3. The number of fused-ring (bicyclic) bond motifs is 1. The summed E-state index contributed by atoms with van der Waals surface area (Å²) >= 11 is 12.9. The number of amides is 1. The molecular formula is C38H44Cl2F3N5O5. The van der Waals surface area contributed by atoms with Gasteiger partial charge < -0.3 is 38.6 Å². The van der Waals surface area contributed by atoms with Crippen molar-refractivity contribution in [2.24, 2.45) is 0 Å². The highest BCUT2D eigenvalue weighted by atomic mass is 35.5. The van der Waals surface area contributed by atoms with Gasteiger partial charge in [-0.25, -0.2) is 4.98 Å². The molecule has 0 bridgehead atoms. The Balaban J connectivity index is 1.12. The van der Waals surface area contributed by atoms with E-state index in [4.69, 9.17) is 47.1 Å². The standard InChI is InChI=1S/C38H44Cl2F3N5O5/c1-50-32-20-25(21-33(51-2)34(32)52-3)35(49)47-17-13-37(23-47,26-8-9-28(39)29(40)22-26)12-16-46-14-10-27(11-15-46)44-36-45-30-6-4-5-7-31(30)48(36)18-19-53-24-38(41,42)43/h4-9,20-22,27H,10-19,23-24H2,1-3H3,(H,44,45). The first kappa shape index (κ1) is 38.8. The molecule has 53 heavy (non-hydrogen) atoms. The molecule has 10 nitrogen and oxygen atoms in total. The monoisotopic (exact) mass is 777 g/mol. The summed E-state index contributed by atoms with van der Waals surface area (Å²) in [6.07, 6.45) is -1.10. The number of rotatable bonds is 14. The first-order valence-corrected chi connectivity index (χ1v) is 18.3. The Morgan fingerprint density at radius 3 is 2.32 bits per heavy atom. The van der Waals surface area contributed by atoms with Gasteiger partial charge in [-0.05, 0) is 74.2 Å². The summed E-state index contributed by atoms with van der Waals surface area (Å²) in [5, 5.41) is 4.52. The number of hydrogen-bond donors (Lipinski definition) is 1. The highest BCUT2D eigenvalue weighted by molar-refractivity contribution is 6.42. The van der Waals surface area contributed by atoms with E-state index in [1.807, 2.05) is 51.9 Å². The number of anilines is 1. The normalized spacial score (nSPS) is 18.5. The molecule has 2 saturated heterocycles. The number of carbonyl (C=O) groups is 1. The highest BCUT2D eigenvalue weighted by Crippen LogP contribution is 2.43. The van der Waals surface area contributed by atoms with Crippen LogP contribution >= 0.6 is 23.2 Å². The van der Waals surface area contributed by atoms with Crippen LogP contribution in [0.3, 0.4) is 0 Å². The van der Waals surface area contributed by atoms with E-state index in [0.717, 1.165) is 61.9 Å². The highest BCUT2D eigenvalue weighted by Gasteiger charge is 2.42. The molecule has 1 atom stereocenters. The molecule has 4 aromatic rings. The Bertz CT molecular complexity index is 1880. The lowest BCUT2D eigenvalue weighted by Gasteiger charge is -2.36. The largest absolute Gasteiger partial charge is 0.493 e. The van der Waals surface area contributed by atoms with E-state index >= 15 is 0 Å². The average Bonchev–Trinajstić information content (AvgIpc) is 3.75. The molecule has 1 aromatic heterocycles. The second-order valence-corrected chi connectivity index (χ2v) is 14.4. The zero-order valence-corrected chi connectivity index (χ0v) is 31.5. The third-order valence-electron chi connectivity index (χ3n) is 10.3. The number of carbonyl (C=O) groups excluding carboxylic acids is 1. The Morgan fingerprint density at radius 2 is 1.66 bits per heavy atom. The van der Waals surface area contributed by atoms with Crippen LogP contribution < -0.4 is 19.5 Å². The fourth-order valence-corrected chi connectivity index (χ4v) is 7.75. The summed E-state index contributed by atoms with van der Waals surface area (Å²) in [4.78, 5) is 23.0. The van der Waals surface area contributed by atoms with Crippen LogP contribution in [0.25, 0.3) is 11.0 Å². The number of benzene rings is 3. The van der Waals surface area contributed by atoms with Crippen molar-refractivity contribution >= 4 is 46.1 Å². The Morgan fingerprint density at radius 1 is 0.943 bits per heavy atom. The predicted molar refractivity (Wildman–Crippen MR) is 199 cm³/mol. The molecule has 2 fully saturated rings. The molecule has 2 aliphatic rings. The molecule has 0 aliphatic carbocycles. The first-order valence-electron chi connectivity index (χ1n) is 17.6. The number of aromatic nitrogens is 2. The molecular weight excluding hydrogens is 734 g/mol. The lowest BCUT2D eigenvalue weighted by Crippen LogP contribution is -2.42. The number of piperidine rings is 1. The van der Waals surface area contributed by atoms with E-state index in [-0.39, 0.29) is 30.5 Å². The zero-order valence-electron chi connectivity index (χ0n) is 30.0. The van der Waals surface area contributed by atoms with Crippen LogP contribution in [0, 0.1) is 0 Å². The summed E-state index contributed by atoms with van der Waals surface area (Å²) in [6.45, 7) is 2.44. The van der Waals surface area contributed by atoms with Crippen LogP contribution in [0.4, 0.5) is 19.1 Å². The minimum Gasteiger partial charge on any atom is -0.493 e. The molecule has 286 valence electrons. The van der Waals surface area contributed by atoms with Crippen molar-refractivity contribution in [1.82, 2.24) is 19.4 Å². The Kier molecular flexibility index (Phi) is 12.2. The number of halogens is 5. The number of para-hydroxylation sites is 2. The van der Waals surface area contributed by atoms with E-state index in [0.29, 0.717) is 51.9 Å². The average molecular weight is 779 g/mol. The molecule has 2 aliphatic heterocycles. The third-order valence-corrected chi connectivity index (χ3v) is 11.0. The topological polar surface area (TPSA) is 90.3 Å². The van der Waals surface area contributed by atoms with Crippen LogP contribution in [0.5, 0.6) is 17.2 Å². The van der Waals surface area contributed by atoms with Gasteiger partial charge in [0.25, 0.3) is 5.91 Å². The van der Waals surface area contributed by atoms with Crippen molar-refractivity contribution in [3.05, 3.63) is 75.8 Å². The maximum absolute atomic E-state index is 14.0. The quantitative estimate of drug-likeness (QED) is 0.130. The molecule has 0 radical (unpaired) electrons. The number of ether oxygens (including phenoxy) is 4. The van der Waals surface area contributed by atoms with E-state index in [9.17, 15) is 18.0 Å². The first-order chi connectivity index (χ1) is 25.4. The van der Waals surface area contributed by atoms with Crippen LogP contribution in [-0.2, 0) is 16.7 Å². The van der Waals surface area contributed by atoms with Crippen molar-refractivity contribution in [3.8, 4) is 17.2 Å². The van der Waals surface area contributed by atoms with E-state index in [1.165, 1.54) is 21.3 Å². The SMILES string of the molecule is COc1cc(C(=O)N2CCC(CCN3CCC(Nc4nc5ccccc5n4CCOCC(F)(F)F)CC3)(c3ccc(Cl)c(Cl)c3)C2)cc(OC)c1OC. The second kappa shape index (κ2) is 16.6. The molecule has 1 N–H and O–H groups in total. The fourth-order valence-electron chi connectivity index (χ4n) is 7.45. The molecule has 0 spiro atoms. The van der Waals surface area contributed by atoms with Crippen LogP contribution in [0.2, 0.25) is 10.0 Å². The molecule has 15 heteroatoms. The minimum atomic E-state index is -4.37. The van der Waals surface area contributed by atoms with E-state index in [1.54, 1.807) is 12.1 Å². The minimum absolute atomic E-state index is 0.0842. The molecule has 1 unspecified atom stereocenters. The van der Waals surface area contributed by atoms with Gasteiger partial charge in [-0.2, -0.15) is 13.2 Å². The van der Waals surface area contributed by atoms with Gasteiger partial charge in [0.1, 0.15) is 6.61 Å². The van der Waals surface area contributed by atoms with Gasteiger partial charge in [0.05, 0.1) is 49.0 Å². The van der Waals surface area contributed by atoms with Crippen LogP contribution in [-0.4, -0.2) is 105 Å². The van der Waals surface area contributed by atoms with Gasteiger partial charge >= 0.3 is 6.18 Å². The van der Waals surface area contributed by atoms with E-state index < -0.39 is 12.8 Å². The van der Waals surface area contributed by atoms with Crippen molar-refractivity contribution in [1.29, 1.82) is 0 Å². The number of alkyl halides is 3. The molecule has 1 amide bonds. The number of hydrogen-bond acceptors (Lipinski definition) is 8. The summed E-state index contributed by atoms with van der Waals surface area (Å²) in [5.74, 6) is 1.74. The third kappa shape index (κ3) is 8.91. The van der Waals surface area contributed by atoms with Gasteiger partial charge in [0, 0.05) is 49.7 Å². The van der Waals surface area contributed by atoms with Gasteiger partial charge in [-0.3, -0.25) is 4.79 Å². The molecule has 0 saturated carbocycles. The van der Waals surface area contributed by atoms with E-state index in [2.05, 4.69) is 10.2 Å². The summed E-state index contributed by atoms with van der Waals surface area (Å²) in [7, 11) is 4.57. The van der Waals surface area contributed by atoms with Gasteiger partial charge in [-0.1, -0.05) is 41.4 Å². The van der Waals surface area contributed by atoms with Gasteiger partial charge in [-0.15, -0.1) is 0 Å². The van der Waals surface area contributed by atoms with Gasteiger partial charge in [0.15, 0.2) is 11.5 Å². The number of imidazole rings is 1. The zero-order chi connectivity index (χ0) is 37.8. The van der Waals surface area contributed by atoms with Crippen LogP contribution in [0.1, 0.15) is 41.6 Å². The second-order valence-electron chi connectivity index (χ2n) is 13.6. The molecule has 6 rings (SSSR count). The number of nitrogens with zero attached hydrogens (tertiary/aromatic N) is 4. The maximum Gasteiger partial charge on any atom is 0.411 e. The summed E-state index contributed by atoms with van der Waals surface area (Å²) < 4.78 is 61.2. The van der Waals surface area contributed by atoms with Crippen molar-refractivity contribution < 1.29 is 36.9 Å². The smallest absolute Gasteiger partial charge is 0.411 e. The summed E-state index contributed by atoms with van der Waals surface area (Å²) in [5.41, 5.74) is 2.75. The Labute approximate surface area is 317 Å². The van der Waals surface area contributed by atoms with Crippen molar-refractivity contribution in [3.63, 3.8) is 0 Å².